The minimum Gasteiger partial charge on any atom is -0.316 e. The van der Waals surface area contributed by atoms with E-state index in [1.807, 2.05) is 0 Å². The molecule has 2 heterocycles. The largest absolute Gasteiger partial charge is 0.316 e. The van der Waals surface area contributed by atoms with Gasteiger partial charge < -0.3 is 5.32 Å². The van der Waals surface area contributed by atoms with Gasteiger partial charge in [0.25, 0.3) is 0 Å². The van der Waals surface area contributed by atoms with Crippen LogP contribution in [0.25, 0.3) is 0 Å². The fraction of sp³-hybridized carbons (Fsp3) is 1.00. The second-order valence-electron chi connectivity index (χ2n) is 6.53. The van der Waals surface area contributed by atoms with Crippen molar-refractivity contribution in [2.24, 2.45) is 17.3 Å². The molecule has 2 heteroatoms. The number of hydrogen-bond donors (Lipinski definition) is 1. The van der Waals surface area contributed by atoms with Crippen LogP contribution in [0.4, 0.5) is 0 Å². The molecule has 3 fully saturated rings. The third kappa shape index (κ3) is 1.62. The topological polar surface area (TPSA) is 15.3 Å². The van der Waals surface area contributed by atoms with Crippen LogP contribution in [0.5, 0.6) is 0 Å². The molecule has 3 rings (SSSR count). The lowest BCUT2D eigenvalue weighted by Crippen LogP contribution is -2.41. The van der Waals surface area contributed by atoms with Gasteiger partial charge >= 0.3 is 0 Å². The molecular formula is C13H24N2. The Bertz CT molecular complexity index is 237. The number of likely N-dealkylation sites (tertiary alicyclic amines) is 1. The molecule has 0 aromatic carbocycles. The first-order chi connectivity index (χ1) is 7.17. The molecule has 15 heavy (non-hydrogen) atoms. The summed E-state index contributed by atoms with van der Waals surface area (Å²) in [7, 11) is 0. The molecule has 3 atom stereocenters. The van der Waals surface area contributed by atoms with Crippen LogP contribution < -0.4 is 5.32 Å². The third-order valence-corrected chi connectivity index (χ3v) is 5.06. The fourth-order valence-corrected chi connectivity index (χ4v) is 4.13. The first-order valence-electron chi connectivity index (χ1n) is 6.61. The lowest BCUT2D eigenvalue weighted by atomic mass is 9.86. The summed E-state index contributed by atoms with van der Waals surface area (Å²) < 4.78 is 0. The maximum Gasteiger partial charge on any atom is 0.0147 e. The maximum atomic E-state index is 3.53. The van der Waals surface area contributed by atoms with Gasteiger partial charge in [-0.1, -0.05) is 20.3 Å². The summed E-state index contributed by atoms with van der Waals surface area (Å²) in [5, 5.41) is 3.53. The van der Waals surface area contributed by atoms with Gasteiger partial charge in [0.05, 0.1) is 0 Å². The zero-order valence-electron chi connectivity index (χ0n) is 10.1. The van der Waals surface area contributed by atoms with Gasteiger partial charge in [-0.25, -0.2) is 0 Å². The van der Waals surface area contributed by atoms with E-state index in [9.17, 15) is 0 Å². The van der Waals surface area contributed by atoms with Crippen LogP contribution in [-0.2, 0) is 0 Å². The highest BCUT2D eigenvalue weighted by molar-refractivity contribution is 4.99. The predicted molar refractivity (Wildman–Crippen MR) is 62.8 cm³/mol. The molecule has 2 aliphatic heterocycles. The summed E-state index contributed by atoms with van der Waals surface area (Å²) in [5.74, 6) is 1.92. The molecule has 0 spiro atoms. The predicted octanol–water partition coefficient (Wildman–Crippen LogP) is 1.72. The van der Waals surface area contributed by atoms with E-state index in [0.717, 1.165) is 17.9 Å². The van der Waals surface area contributed by atoms with Crippen LogP contribution in [0.2, 0.25) is 0 Å². The molecule has 2 saturated heterocycles. The Labute approximate surface area is 93.4 Å². The molecule has 3 aliphatic rings. The summed E-state index contributed by atoms with van der Waals surface area (Å²) in [4.78, 5) is 2.81. The fourth-order valence-electron chi connectivity index (χ4n) is 4.13. The van der Waals surface area contributed by atoms with Crippen LogP contribution in [0, 0.1) is 17.3 Å². The molecule has 86 valence electrons. The summed E-state index contributed by atoms with van der Waals surface area (Å²) in [6.07, 6.45) is 4.32. The molecule has 0 amide bonds. The normalized spacial score (nSPS) is 44.8. The maximum absolute atomic E-state index is 3.53. The summed E-state index contributed by atoms with van der Waals surface area (Å²) in [6.45, 7) is 10.2. The highest BCUT2D eigenvalue weighted by Crippen LogP contribution is 2.43. The lowest BCUT2D eigenvalue weighted by molar-refractivity contribution is 0.131. The van der Waals surface area contributed by atoms with Gasteiger partial charge in [-0.15, -0.1) is 0 Å². The molecule has 1 saturated carbocycles. The van der Waals surface area contributed by atoms with Gasteiger partial charge in [-0.2, -0.15) is 0 Å². The van der Waals surface area contributed by atoms with E-state index in [1.54, 1.807) is 0 Å². The molecule has 0 bridgehead atoms. The monoisotopic (exact) mass is 208 g/mol. The highest BCUT2D eigenvalue weighted by atomic mass is 15.2. The molecule has 1 N–H and O–H groups in total. The summed E-state index contributed by atoms with van der Waals surface area (Å²) >= 11 is 0. The number of nitrogens with one attached hydrogen (secondary N) is 1. The number of fused-ring (bicyclic) bond motifs is 1. The second kappa shape index (κ2) is 3.46. The van der Waals surface area contributed by atoms with E-state index in [4.69, 9.17) is 0 Å². The van der Waals surface area contributed by atoms with Crippen LogP contribution >= 0.6 is 0 Å². The molecule has 0 aromatic rings. The van der Waals surface area contributed by atoms with Crippen LogP contribution in [0.3, 0.4) is 0 Å². The van der Waals surface area contributed by atoms with Crippen molar-refractivity contribution in [2.45, 2.75) is 39.2 Å². The minimum absolute atomic E-state index is 0.575. The van der Waals surface area contributed by atoms with Crippen molar-refractivity contribution in [3.05, 3.63) is 0 Å². The van der Waals surface area contributed by atoms with E-state index in [-0.39, 0.29) is 0 Å². The van der Waals surface area contributed by atoms with Crippen LogP contribution in [0.15, 0.2) is 0 Å². The van der Waals surface area contributed by atoms with Crippen molar-refractivity contribution < 1.29 is 0 Å². The zero-order chi connectivity index (χ0) is 10.5. The zero-order valence-corrected chi connectivity index (χ0v) is 10.1. The lowest BCUT2D eigenvalue weighted by Gasteiger charge is -2.35. The van der Waals surface area contributed by atoms with Crippen molar-refractivity contribution in [3.63, 3.8) is 0 Å². The Hall–Kier alpha value is -0.0800. The van der Waals surface area contributed by atoms with E-state index in [0.29, 0.717) is 5.41 Å². The third-order valence-electron chi connectivity index (χ3n) is 5.06. The molecular weight excluding hydrogens is 184 g/mol. The van der Waals surface area contributed by atoms with Crippen molar-refractivity contribution in [1.29, 1.82) is 0 Å². The Morgan fingerprint density at radius 2 is 1.80 bits per heavy atom. The van der Waals surface area contributed by atoms with Crippen LogP contribution in [0.1, 0.15) is 33.1 Å². The molecule has 1 unspecified atom stereocenters. The van der Waals surface area contributed by atoms with E-state index in [1.165, 1.54) is 45.4 Å². The van der Waals surface area contributed by atoms with Gasteiger partial charge in [-0.3, -0.25) is 4.90 Å². The van der Waals surface area contributed by atoms with Crippen molar-refractivity contribution >= 4 is 0 Å². The van der Waals surface area contributed by atoms with Gasteiger partial charge in [-0.05, 0) is 43.2 Å². The Morgan fingerprint density at radius 1 is 1.13 bits per heavy atom. The van der Waals surface area contributed by atoms with Crippen molar-refractivity contribution in [1.82, 2.24) is 10.2 Å². The smallest absolute Gasteiger partial charge is 0.0147 e. The van der Waals surface area contributed by atoms with Crippen LogP contribution in [-0.4, -0.2) is 37.1 Å². The Balaban J connectivity index is 1.69. The first-order valence-corrected chi connectivity index (χ1v) is 6.61. The van der Waals surface area contributed by atoms with Gasteiger partial charge in [0, 0.05) is 19.1 Å². The first kappa shape index (κ1) is 10.1. The minimum atomic E-state index is 0.575. The quantitative estimate of drug-likeness (QED) is 0.706. The summed E-state index contributed by atoms with van der Waals surface area (Å²) in [6, 6.07) is 0.878. The van der Waals surface area contributed by atoms with Crippen molar-refractivity contribution in [3.8, 4) is 0 Å². The number of nitrogens with zero attached hydrogens (tertiary/aromatic N) is 1. The van der Waals surface area contributed by atoms with E-state index < -0.39 is 0 Å². The number of rotatable bonds is 1. The standard InChI is InChI=1S/C13H24N2/c1-13(2)5-3-4-12(13)15-8-10-6-14-7-11(10)9-15/h10-12,14H,3-9H2,1-2H3/t10-,11+,12?. The molecule has 2 nitrogen and oxygen atoms in total. The van der Waals surface area contributed by atoms with E-state index in [2.05, 4.69) is 24.1 Å². The Kier molecular flexibility index (Phi) is 2.33. The molecule has 1 aliphatic carbocycles. The van der Waals surface area contributed by atoms with Gasteiger partial charge in [0.2, 0.25) is 0 Å². The van der Waals surface area contributed by atoms with Gasteiger partial charge in [0.15, 0.2) is 0 Å². The SMILES string of the molecule is CC1(C)CCCC1N1C[C@H]2CNC[C@H]2C1. The number of hydrogen-bond acceptors (Lipinski definition) is 2. The highest BCUT2D eigenvalue weighted by Gasteiger charge is 2.44. The summed E-state index contributed by atoms with van der Waals surface area (Å²) in [5.41, 5.74) is 0.575. The average molecular weight is 208 g/mol. The van der Waals surface area contributed by atoms with Gasteiger partial charge in [0.1, 0.15) is 0 Å². The second-order valence-corrected chi connectivity index (χ2v) is 6.53. The molecule has 0 radical (unpaired) electrons. The Morgan fingerprint density at radius 3 is 2.33 bits per heavy atom. The van der Waals surface area contributed by atoms with E-state index >= 15 is 0 Å². The van der Waals surface area contributed by atoms with Crippen molar-refractivity contribution in [2.75, 3.05) is 26.2 Å². The average Bonchev–Trinajstić information content (AvgIpc) is 2.75. The molecule has 0 aromatic heterocycles.